The second-order valence-electron chi connectivity index (χ2n) is 3.95. The molecule has 0 atom stereocenters. The van der Waals surface area contributed by atoms with Gasteiger partial charge in [0.05, 0.1) is 11.3 Å². The van der Waals surface area contributed by atoms with E-state index in [1.165, 1.54) is 0 Å². The summed E-state index contributed by atoms with van der Waals surface area (Å²) in [6, 6.07) is 5.11. The fourth-order valence-corrected chi connectivity index (χ4v) is 1.68. The number of rotatable bonds is 6. The minimum atomic E-state index is -0.978. The molecule has 0 aromatic heterocycles. The number of carbonyl (C=O) groups excluding carboxylic acids is 1. The number of amides is 1. The number of hydrogen-bond donors (Lipinski definition) is 2. The summed E-state index contributed by atoms with van der Waals surface area (Å²) in [7, 11) is 0. The Kier molecular flexibility index (Phi) is 4.48. The number of benzene rings is 1. The highest BCUT2D eigenvalue weighted by atomic mass is 16.4. The van der Waals surface area contributed by atoms with E-state index in [-0.39, 0.29) is 6.54 Å². The Morgan fingerprint density at radius 3 is 2.67 bits per heavy atom. The third-order valence-electron chi connectivity index (χ3n) is 2.43. The van der Waals surface area contributed by atoms with E-state index in [4.69, 9.17) is 10.8 Å². The molecule has 5 nitrogen and oxygen atoms in total. The first kappa shape index (κ1) is 13.8. The minimum absolute atomic E-state index is 0.213. The van der Waals surface area contributed by atoms with E-state index in [9.17, 15) is 9.59 Å². The second-order valence-corrected chi connectivity index (χ2v) is 3.95. The minimum Gasteiger partial charge on any atom is -0.480 e. The van der Waals surface area contributed by atoms with Gasteiger partial charge >= 0.3 is 5.97 Å². The number of nitrogens with two attached hydrogens (primary N) is 1. The molecule has 0 fully saturated rings. The molecule has 5 heteroatoms. The average Bonchev–Trinajstić information content (AvgIpc) is 2.27. The third kappa shape index (κ3) is 3.35. The first-order chi connectivity index (χ1) is 8.45. The van der Waals surface area contributed by atoms with E-state index < -0.39 is 11.9 Å². The van der Waals surface area contributed by atoms with Crippen LogP contribution in [0.5, 0.6) is 0 Å². The van der Waals surface area contributed by atoms with Crippen LogP contribution in [0.25, 0.3) is 0 Å². The predicted molar refractivity (Wildman–Crippen MR) is 69.7 cm³/mol. The van der Waals surface area contributed by atoms with Crippen molar-refractivity contribution in [3.8, 4) is 0 Å². The Morgan fingerprint density at radius 1 is 1.50 bits per heavy atom. The van der Waals surface area contributed by atoms with E-state index in [1.807, 2.05) is 6.92 Å². The summed E-state index contributed by atoms with van der Waals surface area (Å²) < 4.78 is 0. The summed E-state index contributed by atoms with van der Waals surface area (Å²) >= 11 is 0. The molecule has 1 aromatic carbocycles. The summed E-state index contributed by atoms with van der Waals surface area (Å²) in [6.07, 6.45) is 1.58. The molecule has 1 amide bonds. The molecule has 0 saturated carbocycles. The zero-order valence-corrected chi connectivity index (χ0v) is 10.2. The molecule has 18 heavy (non-hydrogen) atoms. The van der Waals surface area contributed by atoms with Crippen molar-refractivity contribution in [2.24, 2.45) is 5.73 Å². The van der Waals surface area contributed by atoms with Gasteiger partial charge in [0.15, 0.2) is 0 Å². The number of anilines is 1. The van der Waals surface area contributed by atoms with Gasteiger partial charge in [-0.3, -0.25) is 9.59 Å². The van der Waals surface area contributed by atoms with Gasteiger partial charge in [0.1, 0.15) is 6.54 Å². The van der Waals surface area contributed by atoms with Gasteiger partial charge in [0.2, 0.25) is 0 Å². The zero-order chi connectivity index (χ0) is 13.7. The third-order valence-corrected chi connectivity index (χ3v) is 2.43. The highest BCUT2D eigenvalue weighted by Crippen LogP contribution is 2.22. The van der Waals surface area contributed by atoms with Crippen LogP contribution in [0.4, 0.5) is 5.69 Å². The van der Waals surface area contributed by atoms with Gasteiger partial charge in [-0.15, -0.1) is 6.58 Å². The molecule has 0 aliphatic carbocycles. The Labute approximate surface area is 106 Å². The Hall–Kier alpha value is -2.30. The fraction of sp³-hybridized carbons (Fsp3) is 0.231. The van der Waals surface area contributed by atoms with Gasteiger partial charge in [0, 0.05) is 6.54 Å². The van der Waals surface area contributed by atoms with Gasteiger partial charge in [-0.1, -0.05) is 12.1 Å². The molecule has 0 spiro atoms. The molecule has 1 aromatic rings. The van der Waals surface area contributed by atoms with Gasteiger partial charge < -0.3 is 15.7 Å². The lowest BCUT2D eigenvalue weighted by atomic mass is 10.1. The highest BCUT2D eigenvalue weighted by molar-refractivity contribution is 5.99. The lowest BCUT2D eigenvalue weighted by Crippen LogP contribution is -2.32. The van der Waals surface area contributed by atoms with Crippen LogP contribution in [0.3, 0.4) is 0 Å². The number of aryl methyl sites for hydroxylation is 1. The van der Waals surface area contributed by atoms with Crippen LogP contribution in [0.2, 0.25) is 0 Å². The van der Waals surface area contributed by atoms with Crippen LogP contribution in [0.15, 0.2) is 30.9 Å². The fourth-order valence-electron chi connectivity index (χ4n) is 1.68. The van der Waals surface area contributed by atoms with Crippen molar-refractivity contribution in [2.45, 2.75) is 6.92 Å². The number of aliphatic carboxylic acids is 1. The average molecular weight is 248 g/mol. The molecule has 0 heterocycles. The van der Waals surface area contributed by atoms with Crippen molar-refractivity contribution in [1.82, 2.24) is 0 Å². The van der Waals surface area contributed by atoms with Gasteiger partial charge in [-0.2, -0.15) is 0 Å². The second kappa shape index (κ2) is 5.86. The Bertz CT molecular complexity index is 483. The summed E-state index contributed by atoms with van der Waals surface area (Å²) in [4.78, 5) is 23.7. The number of nitrogens with zero attached hydrogens (tertiary/aromatic N) is 1. The predicted octanol–water partition coefficient (Wildman–Crippen LogP) is 1.17. The number of carbonyl (C=O) groups is 2. The molecule has 96 valence electrons. The maximum Gasteiger partial charge on any atom is 0.323 e. The summed E-state index contributed by atoms with van der Waals surface area (Å²) in [5, 5.41) is 8.88. The van der Waals surface area contributed by atoms with Gasteiger partial charge in [-0.05, 0) is 24.6 Å². The van der Waals surface area contributed by atoms with E-state index in [2.05, 4.69) is 6.58 Å². The van der Waals surface area contributed by atoms with Crippen LogP contribution in [-0.2, 0) is 4.79 Å². The van der Waals surface area contributed by atoms with Crippen molar-refractivity contribution in [1.29, 1.82) is 0 Å². The van der Waals surface area contributed by atoms with Crippen LogP contribution < -0.4 is 10.6 Å². The number of carboxylic acids is 1. The number of hydrogen-bond acceptors (Lipinski definition) is 3. The van der Waals surface area contributed by atoms with Crippen molar-refractivity contribution in [2.75, 3.05) is 18.0 Å². The van der Waals surface area contributed by atoms with E-state index in [0.717, 1.165) is 5.56 Å². The summed E-state index contributed by atoms with van der Waals surface area (Å²) in [5.41, 5.74) is 7.04. The maximum atomic E-state index is 11.3. The van der Waals surface area contributed by atoms with Crippen LogP contribution in [0.1, 0.15) is 15.9 Å². The summed E-state index contributed by atoms with van der Waals surface area (Å²) in [5.74, 6) is -1.56. The monoisotopic (exact) mass is 248 g/mol. The van der Waals surface area contributed by atoms with Gasteiger partial charge in [0.25, 0.3) is 5.91 Å². The molecule has 0 aliphatic heterocycles. The van der Waals surface area contributed by atoms with Crippen molar-refractivity contribution < 1.29 is 14.7 Å². The normalized spacial score (nSPS) is 9.83. The molecular formula is C13H16N2O3. The lowest BCUT2D eigenvalue weighted by molar-refractivity contribution is -0.135. The standard InChI is InChI=1S/C13H16N2O3/c1-3-6-15(8-12(16)17)11-7-9(2)4-5-10(11)13(14)18/h3-5,7H,1,6,8H2,2H3,(H2,14,18)(H,16,17). The van der Waals surface area contributed by atoms with E-state index in [0.29, 0.717) is 17.8 Å². The largest absolute Gasteiger partial charge is 0.480 e. The van der Waals surface area contributed by atoms with Crippen LogP contribution in [0, 0.1) is 6.92 Å². The number of primary amides is 1. The van der Waals surface area contributed by atoms with Crippen molar-refractivity contribution in [3.63, 3.8) is 0 Å². The number of carboxylic acid groups (broad SMARTS) is 1. The highest BCUT2D eigenvalue weighted by Gasteiger charge is 2.16. The SMILES string of the molecule is C=CCN(CC(=O)O)c1cc(C)ccc1C(N)=O. The lowest BCUT2D eigenvalue weighted by Gasteiger charge is -2.23. The molecule has 0 radical (unpaired) electrons. The van der Waals surface area contributed by atoms with Gasteiger partial charge in [-0.25, -0.2) is 0 Å². The molecular weight excluding hydrogens is 232 g/mol. The molecule has 3 N–H and O–H groups in total. The first-order valence-corrected chi connectivity index (χ1v) is 5.43. The topological polar surface area (TPSA) is 83.6 Å². The quantitative estimate of drug-likeness (QED) is 0.740. The van der Waals surface area contributed by atoms with Crippen LogP contribution >= 0.6 is 0 Å². The first-order valence-electron chi connectivity index (χ1n) is 5.43. The van der Waals surface area contributed by atoms with Crippen LogP contribution in [-0.4, -0.2) is 30.1 Å². The Balaban J connectivity index is 3.23. The molecule has 0 unspecified atom stereocenters. The Morgan fingerprint density at radius 2 is 2.17 bits per heavy atom. The molecule has 0 saturated heterocycles. The van der Waals surface area contributed by atoms with Crippen molar-refractivity contribution >= 4 is 17.6 Å². The molecule has 0 bridgehead atoms. The maximum absolute atomic E-state index is 11.3. The zero-order valence-electron chi connectivity index (χ0n) is 10.2. The van der Waals surface area contributed by atoms with E-state index in [1.54, 1.807) is 29.2 Å². The van der Waals surface area contributed by atoms with Crippen molar-refractivity contribution in [3.05, 3.63) is 42.0 Å². The smallest absolute Gasteiger partial charge is 0.323 e. The van der Waals surface area contributed by atoms with E-state index >= 15 is 0 Å². The summed E-state index contributed by atoms with van der Waals surface area (Å²) in [6.45, 7) is 5.56. The molecule has 1 rings (SSSR count). The molecule has 0 aliphatic rings.